The number of benzene rings is 3. The van der Waals surface area contributed by atoms with Crippen LogP contribution in [0, 0.1) is 0 Å². The molecule has 2 heterocycles. The Morgan fingerprint density at radius 3 is 2.37 bits per heavy atom. The summed E-state index contributed by atoms with van der Waals surface area (Å²) in [6.45, 7) is 5.52. The second kappa shape index (κ2) is 22.2. The number of phenols is 1. The molecule has 1 aromatic heterocycles. The number of aromatic hydroxyl groups is 1. The fraction of sp³-hybridized carbons (Fsp3) is 0.419. The number of carbonyl (C=O) groups is 3. The molecule has 0 atom stereocenters. The van der Waals surface area contributed by atoms with Crippen LogP contribution in [0.2, 0.25) is 0 Å². The highest BCUT2D eigenvalue weighted by molar-refractivity contribution is 5.91. The van der Waals surface area contributed by atoms with Crippen molar-refractivity contribution in [2.45, 2.75) is 70.4 Å². The number of para-hydroxylation sites is 1. The van der Waals surface area contributed by atoms with Crippen LogP contribution in [0.4, 0.5) is 10.5 Å². The molecule has 11 heteroatoms. The van der Waals surface area contributed by atoms with Gasteiger partial charge in [0.2, 0.25) is 11.8 Å². The van der Waals surface area contributed by atoms with Crippen molar-refractivity contribution in [2.24, 2.45) is 0 Å². The van der Waals surface area contributed by atoms with E-state index < -0.39 is 6.09 Å². The second-order valence-electron chi connectivity index (χ2n) is 13.8. The van der Waals surface area contributed by atoms with E-state index in [1.54, 1.807) is 18.4 Å². The minimum atomic E-state index is -0.450. The quantitative estimate of drug-likeness (QED) is 0.0673. The van der Waals surface area contributed by atoms with Crippen molar-refractivity contribution < 1.29 is 28.6 Å². The van der Waals surface area contributed by atoms with E-state index in [1.165, 1.54) is 0 Å². The SMILES string of the molecule is O=C(CCN1CCC(OC(=O)Nc2ccccc2-c2ccccc2)CC1)NCCCCCN(Cc1ccc(O)cc1)C(=O)CCCNCCc1ccco1. The maximum absolute atomic E-state index is 13.2. The van der Waals surface area contributed by atoms with Gasteiger partial charge in [-0.3, -0.25) is 14.9 Å². The van der Waals surface area contributed by atoms with Crippen LogP contribution < -0.4 is 16.0 Å². The molecule has 0 aliphatic carbocycles. The third kappa shape index (κ3) is 14.0. The van der Waals surface area contributed by atoms with E-state index in [0.717, 1.165) is 93.6 Å². The molecule has 288 valence electrons. The molecule has 4 N–H and O–H groups in total. The summed E-state index contributed by atoms with van der Waals surface area (Å²) >= 11 is 0. The fourth-order valence-corrected chi connectivity index (χ4v) is 6.61. The van der Waals surface area contributed by atoms with Gasteiger partial charge >= 0.3 is 6.09 Å². The highest BCUT2D eigenvalue weighted by Crippen LogP contribution is 2.28. The summed E-state index contributed by atoms with van der Waals surface area (Å²) in [6, 6.07) is 28.5. The molecular formula is C43H55N5O6. The van der Waals surface area contributed by atoms with E-state index in [1.807, 2.05) is 83.8 Å². The maximum atomic E-state index is 13.2. The van der Waals surface area contributed by atoms with Crippen LogP contribution >= 0.6 is 0 Å². The Morgan fingerprint density at radius 1 is 0.815 bits per heavy atom. The lowest BCUT2D eigenvalue weighted by Crippen LogP contribution is -2.40. The zero-order valence-electron chi connectivity index (χ0n) is 31.2. The van der Waals surface area contributed by atoms with Gasteiger partial charge in [-0.1, -0.05) is 60.7 Å². The molecule has 0 spiro atoms. The normalized spacial score (nSPS) is 13.3. The lowest BCUT2D eigenvalue weighted by Gasteiger charge is -2.31. The predicted molar refractivity (Wildman–Crippen MR) is 211 cm³/mol. The Labute approximate surface area is 319 Å². The fourth-order valence-electron chi connectivity index (χ4n) is 6.61. The number of furan rings is 1. The van der Waals surface area contributed by atoms with Gasteiger partial charge < -0.3 is 34.7 Å². The molecule has 1 fully saturated rings. The van der Waals surface area contributed by atoms with E-state index in [2.05, 4.69) is 20.9 Å². The molecule has 1 aliphatic heterocycles. The lowest BCUT2D eigenvalue weighted by molar-refractivity contribution is -0.132. The number of amides is 3. The average molecular weight is 738 g/mol. The zero-order chi connectivity index (χ0) is 37.8. The second-order valence-corrected chi connectivity index (χ2v) is 13.8. The van der Waals surface area contributed by atoms with E-state index in [0.29, 0.717) is 44.7 Å². The van der Waals surface area contributed by atoms with E-state index >= 15 is 0 Å². The highest BCUT2D eigenvalue weighted by Gasteiger charge is 2.23. The van der Waals surface area contributed by atoms with Crippen molar-refractivity contribution in [3.8, 4) is 16.9 Å². The summed E-state index contributed by atoms with van der Waals surface area (Å²) in [4.78, 5) is 42.7. The van der Waals surface area contributed by atoms with E-state index in [-0.39, 0.29) is 23.7 Å². The number of nitrogens with one attached hydrogen (secondary N) is 3. The number of carbonyl (C=O) groups excluding carboxylic acids is 3. The van der Waals surface area contributed by atoms with Gasteiger partial charge in [-0.15, -0.1) is 0 Å². The minimum Gasteiger partial charge on any atom is -0.508 e. The van der Waals surface area contributed by atoms with E-state index in [4.69, 9.17) is 9.15 Å². The molecule has 4 aromatic rings. The van der Waals surface area contributed by atoms with Crippen molar-refractivity contribution in [3.63, 3.8) is 0 Å². The van der Waals surface area contributed by atoms with Crippen LogP contribution in [-0.4, -0.2) is 84.7 Å². The Bertz CT molecular complexity index is 1690. The lowest BCUT2D eigenvalue weighted by atomic mass is 10.0. The van der Waals surface area contributed by atoms with Crippen molar-refractivity contribution in [2.75, 3.05) is 51.1 Å². The predicted octanol–water partition coefficient (Wildman–Crippen LogP) is 6.98. The minimum absolute atomic E-state index is 0.0340. The monoisotopic (exact) mass is 737 g/mol. The molecule has 3 amide bonds. The Hall–Kier alpha value is -5.13. The molecule has 0 radical (unpaired) electrons. The van der Waals surface area contributed by atoms with Crippen LogP contribution in [-0.2, 0) is 27.3 Å². The Morgan fingerprint density at radius 2 is 1.59 bits per heavy atom. The molecule has 1 aliphatic rings. The highest BCUT2D eigenvalue weighted by atomic mass is 16.6. The number of hydrogen-bond donors (Lipinski definition) is 4. The van der Waals surface area contributed by atoms with Gasteiger partial charge in [-0.25, -0.2) is 4.79 Å². The number of anilines is 1. The van der Waals surface area contributed by atoms with Crippen LogP contribution in [0.3, 0.4) is 0 Å². The largest absolute Gasteiger partial charge is 0.508 e. The number of unbranched alkanes of at least 4 members (excludes halogenated alkanes) is 2. The summed E-state index contributed by atoms with van der Waals surface area (Å²) in [5.74, 6) is 1.30. The molecule has 5 rings (SSSR count). The summed E-state index contributed by atoms with van der Waals surface area (Å²) in [6.07, 6.45) is 7.56. The molecule has 0 saturated carbocycles. The summed E-state index contributed by atoms with van der Waals surface area (Å²) in [5, 5.41) is 19.0. The summed E-state index contributed by atoms with van der Waals surface area (Å²) in [5.41, 5.74) is 3.66. The average Bonchev–Trinajstić information content (AvgIpc) is 3.72. The smallest absolute Gasteiger partial charge is 0.411 e. The third-order valence-corrected chi connectivity index (χ3v) is 9.67. The van der Waals surface area contributed by atoms with Gasteiger partial charge in [0.05, 0.1) is 12.0 Å². The number of phenolic OH excluding ortho intramolecular Hbond substituents is 1. The van der Waals surface area contributed by atoms with Gasteiger partial charge in [0.15, 0.2) is 0 Å². The van der Waals surface area contributed by atoms with Crippen molar-refractivity contribution in [1.29, 1.82) is 0 Å². The molecule has 0 bridgehead atoms. The Kier molecular flexibility index (Phi) is 16.4. The van der Waals surface area contributed by atoms with Gasteiger partial charge in [-0.05, 0) is 86.5 Å². The van der Waals surface area contributed by atoms with Crippen molar-refractivity contribution in [1.82, 2.24) is 20.4 Å². The van der Waals surface area contributed by atoms with Gasteiger partial charge in [0.1, 0.15) is 17.6 Å². The summed E-state index contributed by atoms with van der Waals surface area (Å²) in [7, 11) is 0. The third-order valence-electron chi connectivity index (χ3n) is 9.67. The molecule has 11 nitrogen and oxygen atoms in total. The molecule has 0 unspecified atom stereocenters. The first kappa shape index (κ1) is 40.1. The van der Waals surface area contributed by atoms with Crippen molar-refractivity contribution >= 4 is 23.6 Å². The number of likely N-dealkylation sites (tertiary alicyclic amines) is 1. The first-order valence-corrected chi connectivity index (χ1v) is 19.3. The van der Waals surface area contributed by atoms with Crippen LogP contribution in [0.1, 0.15) is 62.7 Å². The van der Waals surface area contributed by atoms with Gasteiger partial charge in [0.25, 0.3) is 0 Å². The number of hydrogen-bond acceptors (Lipinski definition) is 8. The van der Waals surface area contributed by atoms with Gasteiger partial charge in [-0.2, -0.15) is 0 Å². The zero-order valence-corrected chi connectivity index (χ0v) is 31.2. The molecule has 3 aromatic carbocycles. The number of ether oxygens (including phenoxy) is 1. The first-order chi connectivity index (χ1) is 26.4. The topological polar surface area (TPSA) is 136 Å². The first-order valence-electron chi connectivity index (χ1n) is 19.3. The van der Waals surface area contributed by atoms with E-state index in [9.17, 15) is 19.5 Å². The van der Waals surface area contributed by atoms with Crippen molar-refractivity contribution in [3.05, 3.63) is 109 Å². The van der Waals surface area contributed by atoms with Crippen LogP contribution in [0.5, 0.6) is 5.75 Å². The van der Waals surface area contributed by atoms with Crippen LogP contribution in [0.25, 0.3) is 11.1 Å². The summed E-state index contributed by atoms with van der Waals surface area (Å²) < 4.78 is 11.1. The maximum Gasteiger partial charge on any atom is 0.411 e. The molecule has 54 heavy (non-hydrogen) atoms. The van der Waals surface area contributed by atoms with Gasteiger partial charge in [0, 0.05) is 70.6 Å². The standard InChI is InChI=1S/C43H55N5O6/c49-36-19-17-34(18-20-36)33-48(42(51)16-9-25-44-27-21-37-13-10-32-53-37)28-8-2-7-26-45-41(50)24-31-47-29-22-38(23-30-47)54-43(52)46-40-15-6-5-14-39(40)35-11-3-1-4-12-35/h1,3-6,10-15,17-20,32,38,44,49H,2,7-9,16,21-31,33H2,(H,45,50)(H,46,52). The Balaban J connectivity index is 0.923. The molecule has 1 saturated heterocycles. The van der Waals surface area contributed by atoms with Crippen LogP contribution in [0.15, 0.2) is 102 Å². The number of piperidine rings is 1. The molecular weight excluding hydrogens is 683 g/mol. The number of nitrogens with zero attached hydrogens (tertiary/aromatic N) is 2. The number of rotatable bonds is 21.